The molecule has 0 bridgehead atoms. The van der Waals surface area contributed by atoms with Gasteiger partial charge < -0.3 is 14.7 Å². The van der Waals surface area contributed by atoms with E-state index in [2.05, 4.69) is 4.90 Å². The lowest BCUT2D eigenvalue weighted by Gasteiger charge is -2.37. The van der Waals surface area contributed by atoms with E-state index >= 15 is 0 Å². The second kappa shape index (κ2) is 9.37. The van der Waals surface area contributed by atoms with Crippen LogP contribution in [0.4, 0.5) is 11.4 Å². The molecule has 2 heterocycles. The summed E-state index contributed by atoms with van der Waals surface area (Å²) in [5.41, 5.74) is 1.16. The number of carbonyl (C=O) groups is 3. The van der Waals surface area contributed by atoms with E-state index in [1.54, 1.807) is 11.0 Å². The summed E-state index contributed by atoms with van der Waals surface area (Å²) >= 11 is 0. The van der Waals surface area contributed by atoms with Gasteiger partial charge >= 0.3 is 5.97 Å². The standard InChI is InChI=1S/C21H29N3O5/c1-15(2)29-11-5-10-23-17-7-6-16(21(27)28)12-18(17)24(14-20(23)26)19(25)13-22-8-3-4-9-22/h6-7,12,15H,3-5,8-11,13-14H2,1-2H3,(H,27,28). The highest BCUT2D eigenvalue weighted by molar-refractivity contribution is 6.12. The van der Waals surface area contributed by atoms with Crippen molar-refractivity contribution in [1.29, 1.82) is 0 Å². The van der Waals surface area contributed by atoms with E-state index in [-0.39, 0.29) is 36.6 Å². The van der Waals surface area contributed by atoms with Crippen LogP contribution in [0.5, 0.6) is 0 Å². The Hall–Kier alpha value is -2.45. The molecule has 0 unspecified atom stereocenters. The number of aromatic carboxylic acids is 1. The second-order valence-electron chi connectivity index (χ2n) is 7.79. The van der Waals surface area contributed by atoms with Crippen LogP contribution in [0.2, 0.25) is 0 Å². The van der Waals surface area contributed by atoms with Crippen LogP contribution in [0.1, 0.15) is 43.5 Å². The third kappa shape index (κ3) is 5.13. The second-order valence-corrected chi connectivity index (χ2v) is 7.79. The predicted molar refractivity (Wildman–Crippen MR) is 109 cm³/mol. The van der Waals surface area contributed by atoms with E-state index in [0.29, 0.717) is 30.9 Å². The van der Waals surface area contributed by atoms with Gasteiger partial charge in [0.25, 0.3) is 0 Å². The average Bonchev–Trinajstić information content (AvgIpc) is 3.18. The monoisotopic (exact) mass is 403 g/mol. The number of ether oxygens (including phenoxy) is 1. The smallest absolute Gasteiger partial charge is 0.335 e. The van der Waals surface area contributed by atoms with Crippen LogP contribution in [0.15, 0.2) is 18.2 Å². The number of benzene rings is 1. The first-order valence-corrected chi connectivity index (χ1v) is 10.2. The van der Waals surface area contributed by atoms with Crippen LogP contribution in [-0.4, -0.2) is 73.2 Å². The molecule has 0 aliphatic carbocycles. The summed E-state index contributed by atoms with van der Waals surface area (Å²) < 4.78 is 5.55. The van der Waals surface area contributed by atoms with Gasteiger partial charge in [0.15, 0.2) is 0 Å². The Balaban J connectivity index is 1.82. The van der Waals surface area contributed by atoms with Gasteiger partial charge in [0, 0.05) is 13.2 Å². The highest BCUT2D eigenvalue weighted by Gasteiger charge is 2.33. The fourth-order valence-corrected chi connectivity index (χ4v) is 3.77. The molecule has 8 heteroatoms. The summed E-state index contributed by atoms with van der Waals surface area (Å²) in [4.78, 5) is 42.3. The number of carboxylic acids is 1. The maximum atomic E-state index is 12.9. The van der Waals surface area contributed by atoms with Gasteiger partial charge in [-0.05, 0) is 64.4 Å². The summed E-state index contributed by atoms with van der Waals surface area (Å²) in [6.45, 7) is 6.81. The Labute approximate surface area is 171 Å². The Kier molecular flexibility index (Phi) is 6.87. The zero-order valence-corrected chi connectivity index (χ0v) is 17.1. The van der Waals surface area contributed by atoms with Crippen molar-refractivity contribution in [3.05, 3.63) is 23.8 Å². The number of hydrogen-bond acceptors (Lipinski definition) is 5. The average molecular weight is 403 g/mol. The number of anilines is 2. The summed E-state index contributed by atoms with van der Waals surface area (Å²) in [7, 11) is 0. The molecule has 0 radical (unpaired) electrons. The highest BCUT2D eigenvalue weighted by atomic mass is 16.5. The van der Waals surface area contributed by atoms with Crippen LogP contribution in [0.25, 0.3) is 0 Å². The Morgan fingerprint density at radius 1 is 1.17 bits per heavy atom. The minimum Gasteiger partial charge on any atom is -0.478 e. The van der Waals surface area contributed by atoms with Crippen molar-refractivity contribution < 1.29 is 24.2 Å². The van der Waals surface area contributed by atoms with Gasteiger partial charge in [-0.2, -0.15) is 0 Å². The molecule has 1 fully saturated rings. The van der Waals surface area contributed by atoms with Crippen LogP contribution in [0, 0.1) is 0 Å². The molecule has 0 aromatic heterocycles. The van der Waals surface area contributed by atoms with Crippen LogP contribution < -0.4 is 9.80 Å². The molecule has 2 aliphatic rings. The Morgan fingerprint density at radius 2 is 1.90 bits per heavy atom. The van der Waals surface area contributed by atoms with E-state index in [1.165, 1.54) is 17.0 Å². The third-order valence-corrected chi connectivity index (χ3v) is 5.23. The molecular formula is C21H29N3O5. The highest BCUT2D eigenvalue weighted by Crippen LogP contribution is 2.35. The fourth-order valence-electron chi connectivity index (χ4n) is 3.77. The number of carbonyl (C=O) groups excluding carboxylic acids is 2. The number of rotatable bonds is 8. The molecule has 3 rings (SSSR count). The lowest BCUT2D eigenvalue weighted by molar-refractivity contribution is -0.123. The van der Waals surface area contributed by atoms with Gasteiger partial charge in [-0.3, -0.25) is 19.4 Å². The van der Waals surface area contributed by atoms with Gasteiger partial charge in [0.1, 0.15) is 6.54 Å². The SMILES string of the molecule is CC(C)OCCCN1C(=O)CN(C(=O)CN2CCCC2)c2cc(C(=O)O)ccc21. The molecule has 0 saturated carbocycles. The molecule has 2 amide bonds. The predicted octanol–water partition coefficient (Wildman–Crippen LogP) is 1.98. The summed E-state index contributed by atoms with van der Waals surface area (Å²) in [6, 6.07) is 4.58. The maximum Gasteiger partial charge on any atom is 0.335 e. The Morgan fingerprint density at radius 3 is 2.55 bits per heavy atom. The zero-order valence-electron chi connectivity index (χ0n) is 17.1. The summed E-state index contributed by atoms with van der Waals surface area (Å²) in [5, 5.41) is 9.38. The van der Waals surface area contributed by atoms with E-state index in [4.69, 9.17) is 4.74 Å². The number of hydrogen-bond donors (Lipinski definition) is 1. The molecule has 29 heavy (non-hydrogen) atoms. The van der Waals surface area contributed by atoms with Crippen molar-refractivity contribution in [3.63, 3.8) is 0 Å². The number of fused-ring (bicyclic) bond motifs is 1. The van der Waals surface area contributed by atoms with Crippen LogP contribution in [-0.2, 0) is 14.3 Å². The van der Waals surface area contributed by atoms with Gasteiger partial charge in [-0.1, -0.05) is 0 Å². The molecule has 0 atom stereocenters. The molecule has 1 saturated heterocycles. The van der Waals surface area contributed by atoms with Crippen molar-refractivity contribution >= 4 is 29.2 Å². The van der Waals surface area contributed by atoms with Crippen LogP contribution in [0.3, 0.4) is 0 Å². The van der Waals surface area contributed by atoms with E-state index in [9.17, 15) is 19.5 Å². The molecule has 2 aliphatic heterocycles. The van der Waals surface area contributed by atoms with E-state index in [0.717, 1.165) is 25.9 Å². The normalized spacial score (nSPS) is 17.1. The van der Waals surface area contributed by atoms with Crippen molar-refractivity contribution in [1.82, 2.24) is 4.90 Å². The first-order valence-electron chi connectivity index (χ1n) is 10.2. The van der Waals surface area contributed by atoms with Crippen molar-refractivity contribution in [2.24, 2.45) is 0 Å². The lowest BCUT2D eigenvalue weighted by atomic mass is 10.1. The van der Waals surface area contributed by atoms with Gasteiger partial charge in [-0.25, -0.2) is 4.79 Å². The quantitative estimate of drug-likeness (QED) is 0.668. The first kappa shape index (κ1) is 21.3. The van der Waals surface area contributed by atoms with E-state index < -0.39 is 5.97 Å². The number of nitrogens with zero attached hydrogens (tertiary/aromatic N) is 3. The molecule has 8 nitrogen and oxygen atoms in total. The molecule has 0 spiro atoms. The fraction of sp³-hybridized carbons (Fsp3) is 0.571. The zero-order chi connectivity index (χ0) is 21.0. The van der Waals surface area contributed by atoms with E-state index in [1.807, 2.05) is 13.8 Å². The van der Waals surface area contributed by atoms with Gasteiger partial charge in [0.2, 0.25) is 11.8 Å². The lowest BCUT2D eigenvalue weighted by Crippen LogP contribution is -2.51. The molecule has 158 valence electrons. The van der Waals surface area contributed by atoms with Gasteiger partial charge in [0.05, 0.1) is 29.6 Å². The summed E-state index contributed by atoms with van der Waals surface area (Å²) in [5.74, 6) is -1.40. The van der Waals surface area contributed by atoms with Crippen molar-refractivity contribution in [3.8, 4) is 0 Å². The Bertz CT molecular complexity index is 774. The van der Waals surface area contributed by atoms with Gasteiger partial charge in [-0.15, -0.1) is 0 Å². The minimum atomic E-state index is -1.06. The van der Waals surface area contributed by atoms with Crippen molar-refractivity contribution in [2.45, 2.75) is 39.2 Å². The first-order chi connectivity index (χ1) is 13.9. The maximum absolute atomic E-state index is 12.9. The largest absolute Gasteiger partial charge is 0.478 e. The topological polar surface area (TPSA) is 90.4 Å². The summed E-state index contributed by atoms with van der Waals surface area (Å²) in [6.07, 6.45) is 2.92. The number of likely N-dealkylation sites (tertiary alicyclic amines) is 1. The molecule has 1 N–H and O–H groups in total. The minimum absolute atomic E-state index is 0.0756. The molecule has 1 aromatic rings. The third-order valence-electron chi connectivity index (χ3n) is 5.23. The number of amides is 2. The molecule has 1 aromatic carbocycles. The van der Waals surface area contributed by atoms with Crippen LogP contribution >= 0.6 is 0 Å². The number of carboxylic acid groups (broad SMARTS) is 1. The van der Waals surface area contributed by atoms with Crippen molar-refractivity contribution in [2.75, 3.05) is 49.1 Å². The molecular weight excluding hydrogens is 374 g/mol.